The minimum atomic E-state index is -2.51. The smallest absolute Gasteiger partial charge is 0.288 e. The second-order valence-electron chi connectivity index (χ2n) is 3.70. The Kier molecular flexibility index (Phi) is 6.07. The number of thioether (sulfide) groups is 1. The van der Waals surface area contributed by atoms with Gasteiger partial charge in [-0.25, -0.2) is 0 Å². The fourth-order valence-electron chi connectivity index (χ4n) is 1.46. The Morgan fingerprint density at radius 2 is 2.11 bits per heavy atom. The molecule has 0 aliphatic heterocycles. The molecule has 0 radical (unpaired) electrons. The molecule has 0 fully saturated rings. The van der Waals surface area contributed by atoms with Crippen molar-refractivity contribution in [3.8, 4) is 0 Å². The van der Waals surface area contributed by atoms with Gasteiger partial charge in [-0.15, -0.1) is 0 Å². The highest BCUT2D eigenvalue weighted by Gasteiger charge is 2.17. The van der Waals surface area contributed by atoms with Crippen LogP contribution in [0.1, 0.15) is 13.3 Å². The standard InChI is InChI=1S/C12H16F2N2OS/c1-2-8(7-15)11(17)16-9-5-3-4-6-10(9)18-12(13)14/h3-6,8,12H,2,7,15H2,1H3,(H,16,17). The Morgan fingerprint density at radius 1 is 1.44 bits per heavy atom. The van der Waals surface area contributed by atoms with Gasteiger partial charge in [0.05, 0.1) is 11.6 Å². The zero-order valence-corrected chi connectivity index (χ0v) is 10.8. The van der Waals surface area contributed by atoms with Crippen molar-refractivity contribution in [2.45, 2.75) is 24.0 Å². The van der Waals surface area contributed by atoms with Crippen molar-refractivity contribution in [2.75, 3.05) is 11.9 Å². The average Bonchev–Trinajstić information content (AvgIpc) is 2.32. The molecule has 6 heteroatoms. The summed E-state index contributed by atoms with van der Waals surface area (Å²) in [4.78, 5) is 12.2. The van der Waals surface area contributed by atoms with Crippen molar-refractivity contribution in [3.05, 3.63) is 24.3 Å². The lowest BCUT2D eigenvalue weighted by atomic mass is 10.1. The number of alkyl halides is 2. The van der Waals surface area contributed by atoms with Crippen molar-refractivity contribution in [3.63, 3.8) is 0 Å². The van der Waals surface area contributed by atoms with Crippen molar-refractivity contribution >= 4 is 23.4 Å². The number of rotatable bonds is 6. The van der Waals surface area contributed by atoms with E-state index in [1.165, 1.54) is 0 Å². The van der Waals surface area contributed by atoms with E-state index >= 15 is 0 Å². The van der Waals surface area contributed by atoms with Crippen LogP contribution in [0.15, 0.2) is 29.2 Å². The zero-order valence-electron chi connectivity index (χ0n) is 10.0. The summed E-state index contributed by atoms with van der Waals surface area (Å²) < 4.78 is 24.7. The van der Waals surface area contributed by atoms with Gasteiger partial charge in [0, 0.05) is 11.4 Å². The molecule has 100 valence electrons. The number of anilines is 1. The number of nitrogens with two attached hydrogens (primary N) is 1. The van der Waals surface area contributed by atoms with Gasteiger partial charge in [0.2, 0.25) is 5.91 Å². The number of amides is 1. The summed E-state index contributed by atoms with van der Waals surface area (Å²) in [5, 5.41) is 2.64. The molecular formula is C12H16F2N2OS. The fraction of sp³-hybridized carbons (Fsp3) is 0.417. The van der Waals surface area contributed by atoms with Crippen LogP contribution >= 0.6 is 11.8 Å². The van der Waals surface area contributed by atoms with Gasteiger partial charge in [0.25, 0.3) is 5.76 Å². The molecule has 18 heavy (non-hydrogen) atoms. The monoisotopic (exact) mass is 274 g/mol. The SMILES string of the molecule is CCC(CN)C(=O)Nc1ccccc1SC(F)F. The summed E-state index contributed by atoms with van der Waals surface area (Å²) in [5.41, 5.74) is 5.87. The molecule has 1 aromatic carbocycles. The Hall–Kier alpha value is -1.14. The average molecular weight is 274 g/mol. The number of halogens is 2. The molecular weight excluding hydrogens is 258 g/mol. The maximum atomic E-state index is 12.4. The van der Waals surface area contributed by atoms with E-state index in [0.717, 1.165) is 0 Å². The predicted molar refractivity (Wildman–Crippen MR) is 69.8 cm³/mol. The Balaban J connectivity index is 2.80. The van der Waals surface area contributed by atoms with Gasteiger partial charge in [-0.2, -0.15) is 8.78 Å². The molecule has 0 aliphatic carbocycles. The molecule has 1 unspecified atom stereocenters. The zero-order chi connectivity index (χ0) is 13.5. The first-order valence-electron chi connectivity index (χ1n) is 5.63. The number of nitrogens with one attached hydrogen (secondary N) is 1. The maximum absolute atomic E-state index is 12.4. The molecule has 1 rings (SSSR count). The lowest BCUT2D eigenvalue weighted by Gasteiger charge is -2.15. The highest BCUT2D eigenvalue weighted by Crippen LogP contribution is 2.31. The van der Waals surface area contributed by atoms with E-state index in [2.05, 4.69) is 5.32 Å². The second-order valence-corrected chi connectivity index (χ2v) is 4.74. The molecule has 0 spiro atoms. The van der Waals surface area contributed by atoms with Gasteiger partial charge in [-0.3, -0.25) is 4.79 Å². The Bertz CT molecular complexity index is 397. The topological polar surface area (TPSA) is 55.1 Å². The van der Waals surface area contributed by atoms with E-state index in [1.807, 2.05) is 6.92 Å². The van der Waals surface area contributed by atoms with Crippen molar-refractivity contribution in [1.29, 1.82) is 0 Å². The molecule has 3 N–H and O–H groups in total. The third kappa shape index (κ3) is 4.27. The first-order chi connectivity index (χ1) is 8.58. The number of para-hydroxylation sites is 1. The number of carbonyl (C=O) groups is 1. The summed E-state index contributed by atoms with van der Waals surface area (Å²) in [7, 11) is 0. The van der Waals surface area contributed by atoms with Gasteiger partial charge < -0.3 is 11.1 Å². The van der Waals surface area contributed by atoms with Crippen LogP contribution in [0.5, 0.6) is 0 Å². The molecule has 0 aliphatic rings. The van der Waals surface area contributed by atoms with Crippen LogP contribution in [0.3, 0.4) is 0 Å². The third-order valence-corrected chi connectivity index (χ3v) is 3.30. The van der Waals surface area contributed by atoms with Crippen LogP contribution in [0.2, 0.25) is 0 Å². The second kappa shape index (κ2) is 7.33. The van der Waals surface area contributed by atoms with E-state index in [0.29, 0.717) is 28.8 Å². The van der Waals surface area contributed by atoms with E-state index in [9.17, 15) is 13.6 Å². The first kappa shape index (κ1) is 14.9. The van der Waals surface area contributed by atoms with E-state index in [-0.39, 0.29) is 18.4 Å². The van der Waals surface area contributed by atoms with Gasteiger partial charge in [0.15, 0.2) is 0 Å². The summed E-state index contributed by atoms with van der Waals surface area (Å²) >= 11 is 0.415. The van der Waals surface area contributed by atoms with Crippen LogP contribution < -0.4 is 11.1 Å². The minimum Gasteiger partial charge on any atom is -0.330 e. The molecule has 0 heterocycles. The van der Waals surface area contributed by atoms with Crippen LogP contribution in [-0.2, 0) is 4.79 Å². The largest absolute Gasteiger partial charge is 0.330 e. The molecule has 0 saturated heterocycles. The maximum Gasteiger partial charge on any atom is 0.288 e. The quantitative estimate of drug-likeness (QED) is 0.784. The van der Waals surface area contributed by atoms with Crippen molar-refractivity contribution in [2.24, 2.45) is 11.7 Å². The van der Waals surface area contributed by atoms with Crippen LogP contribution in [0.4, 0.5) is 14.5 Å². The Labute approximate surface area is 109 Å². The molecule has 0 aromatic heterocycles. The van der Waals surface area contributed by atoms with E-state index < -0.39 is 5.76 Å². The third-order valence-electron chi connectivity index (χ3n) is 2.51. The lowest BCUT2D eigenvalue weighted by molar-refractivity contribution is -0.119. The fourth-order valence-corrected chi connectivity index (χ4v) is 2.06. The first-order valence-corrected chi connectivity index (χ1v) is 6.51. The highest BCUT2D eigenvalue weighted by atomic mass is 32.2. The molecule has 1 aromatic rings. The molecule has 0 bridgehead atoms. The summed E-state index contributed by atoms with van der Waals surface area (Å²) in [5.74, 6) is -3.04. The van der Waals surface area contributed by atoms with Gasteiger partial charge >= 0.3 is 0 Å². The normalized spacial score (nSPS) is 12.5. The van der Waals surface area contributed by atoms with Crippen molar-refractivity contribution in [1.82, 2.24) is 0 Å². The molecule has 0 saturated carbocycles. The Morgan fingerprint density at radius 3 is 2.67 bits per heavy atom. The summed E-state index contributed by atoms with van der Waals surface area (Å²) in [6.07, 6.45) is 0.618. The van der Waals surface area contributed by atoms with E-state index in [4.69, 9.17) is 5.73 Å². The molecule has 3 nitrogen and oxygen atoms in total. The van der Waals surface area contributed by atoms with Gasteiger partial charge in [0.1, 0.15) is 0 Å². The van der Waals surface area contributed by atoms with Crippen LogP contribution in [0, 0.1) is 5.92 Å². The van der Waals surface area contributed by atoms with Gasteiger partial charge in [-0.1, -0.05) is 30.8 Å². The van der Waals surface area contributed by atoms with Crippen LogP contribution in [0.25, 0.3) is 0 Å². The number of hydrogen-bond acceptors (Lipinski definition) is 3. The lowest BCUT2D eigenvalue weighted by Crippen LogP contribution is -2.28. The predicted octanol–water partition coefficient (Wildman–Crippen LogP) is 2.92. The number of carbonyl (C=O) groups excluding carboxylic acids is 1. The van der Waals surface area contributed by atoms with E-state index in [1.54, 1.807) is 24.3 Å². The summed E-state index contributed by atoms with van der Waals surface area (Å²) in [6, 6.07) is 6.50. The minimum absolute atomic E-state index is 0.234. The van der Waals surface area contributed by atoms with Crippen molar-refractivity contribution < 1.29 is 13.6 Å². The van der Waals surface area contributed by atoms with Gasteiger partial charge in [-0.05, 0) is 18.6 Å². The molecule has 1 atom stereocenters. The summed E-state index contributed by atoms with van der Waals surface area (Å²) in [6.45, 7) is 2.10. The number of hydrogen-bond donors (Lipinski definition) is 2. The highest BCUT2D eigenvalue weighted by molar-refractivity contribution is 7.99. The number of benzene rings is 1. The molecule has 1 amide bonds. The van der Waals surface area contributed by atoms with Crippen LogP contribution in [-0.4, -0.2) is 18.2 Å².